The van der Waals surface area contributed by atoms with E-state index in [1.54, 1.807) is 29.0 Å². The Labute approximate surface area is 169 Å². The third-order valence-electron chi connectivity index (χ3n) is 5.51. The van der Waals surface area contributed by atoms with Gasteiger partial charge in [0.1, 0.15) is 0 Å². The van der Waals surface area contributed by atoms with Gasteiger partial charge < -0.3 is 14.5 Å². The quantitative estimate of drug-likeness (QED) is 0.794. The second kappa shape index (κ2) is 7.94. The SMILES string of the molecule is CN(CC1Cc2ccccc2CO1)C(=O)C1CC(=O)N(c2ccc(Cl)cc2)C1. The summed E-state index contributed by atoms with van der Waals surface area (Å²) in [4.78, 5) is 28.7. The van der Waals surface area contributed by atoms with E-state index in [2.05, 4.69) is 12.1 Å². The first kappa shape index (κ1) is 19.0. The van der Waals surface area contributed by atoms with Crippen molar-refractivity contribution in [3.8, 4) is 0 Å². The van der Waals surface area contributed by atoms with Crippen LogP contribution in [0, 0.1) is 5.92 Å². The molecule has 6 heteroatoms. The van der Waals surface area contributed by atoms with Crippen LogP contribution in [-0.2, 0) is 27.4 Å². The molecule has 146 valence electrons. The Morgan fingerprint density at radius 3 is 2.61 bits per heavy atom. The molecule has 28 heavy (non-hydrogen) atoms. The highest BCUT2D eigenvalue weighted by atomic mass is 35.5. The van der Waals surface area contributed by atoms with Crippen molar-refractivity contribution < 1.29 is 14.3 Å². The van der Waals surface area contributed by atoms with Crippen LogP contribution in [0.3, 0.4) is 0 Å². The van der Waals surface area contributed by atoms with Crippen molar-refractivity contribution in [2.45, 2.75) is 25.6 Å². The number of benzene rings is 2. The molecule has 2 unspecified atom stereocenters. The van der Waals surface area contributed by atoms with Crippen LogP contribution >= 0.6 is 11.6 Å². The number of anilines is 1. The molecule has 1 saturated heterocycles. The minimum Gasteiger partial charge on any atom is -0.371 e. The topological polar surface area (TPSA) is 49.9 Å². The summed E-state index contributed by atoms with van der Waals surface area (Å²) in [5.41, 5.74) is 3.27. The number of carbonyl (C=O) groups is 2. The van der Waals surface area contributed by atoms with Gasteiger partial charge in [-0.1, -0.05) is 35.9 Å². The van der Waals surface area contributed by atoms with Crippen molar-refractivity contribution >= 4 is 29.1 Å². The maximum Gasteiger partial charge on any atom is 0.227 e. The number of carbonyl (C=O) groups excluding carboxylic acids is 2. The number of amides is 2. The number of likely N-dealkylation sites (N-methyl/N-ethyl adjacent to an activating group) is 1. The summed E-state index contributed by atoms with van der Waals surface area (Å²) in [6.07, 6.45) is 1.02. The zero-order valence-electron chi connectivity index (χ0n) is 15.8. The van der Waals surface area contributed by atoms with Gasteiger partial charge in [-0.3, -0.25) is 9.59 Å². The van der Waals surface area contributed by atoms with Crippen LogP contribution in [0.5, 0.6) is 0 Å². The van der Waals surface area contributed by atoms with Crippen molar-refractivity contribution in [1.82, 2.24) is 4.90 Å². The standard InChI is InChI=1S/C22H23ClN2O3/c1-24(13-20-10-15-4-2-3-5-16(15)14-28-20)22(27)17-11-21(26)25(12-17)19-8-6-18(23)7-9-19/h2-9,17,20H,10-14H2,1H3. The molecule has 0 radical (unpaired) electrons. The molecule has 2 heterocycles. The molecule has 0 bridgehead atoms. The van der Waals surface area contributed by atoms with Gasteiger partial charge in [0.05, 0.1) is 18.6 Å². The van der Waals surface area contributed by atoms with Crippen LogP contribution in [0.4, 0.5) is 5.69 Å². The fourth-order valence-corrected chi connectivity index (χ4v) is 4.10. The fraction of sp³-hybridized carbons (Fsp3) is 0.364. The predicted octanol–water partition coefficient (Wildman–Crippen LogP) is 3.29. The maximum atomic E-state index is 12.9. The number of hydrogen-bond donors (Lipinski definition) is 0. The van der Waals surface area contributed by atoms with Gasteiger partial charge >= 0.3 is 0 Å². The summed E-state index contributed by atoms with van der Waals surface area (Å²) in [6, 6.07) is 15.4. The molecule has 2 amide bonds. The largest absolute Gasteiger partial charge is 0.371 e. The van der Waals surface area contributed by atoms with Crippen LogP contribution in [0.25, 0.3) is 0 Å². The van der Waals surface area contributed by atoms with E-state index in [1.165, 1.54) is 11.1 Å². The molecular formula is C22H23ClN2O3. The van der Waals surface area contributed by atoms with Gasteiger partial charge in [-0.25, -0.2) is 0 Å². The second-order valence-electron chi connectivity index (χ2n) is 7.51. The Morgan fingerprint density at radius 2 is 1.86 bits per heavy atom. The summed E-state index contributed by atoms with van der Waals surface area (Å²) in [6.45, 7) is 1.51. The lowest BCUT2D eigenvalue weighted by molar-refractivity contribution is -0.136. The lowest BCUT2D eigenvalue weighted by atomic mass is 9.98. The van der Waals surface area contributed by atoms with Gasteiger partial charge in [-0.15, -0.1) is 0 Å². The van der Waals surface area contributed by atoms with E-state index in [1.807, 2.05) is 24.3 Å². The fourth-order valence-electron chi connectivity index (χ4n) is 3.98. The first-order chi connectivity index (χ1) is 13.5. The molecule has 2 atom stereocenters. The van der Waals surface area contributed by atoms with E-state index in [0.29, 0.717) is 24.7 Å². The lowest BCUT2D eigenvalue weighted by Gasteiger charge is -2.30. The van der Waals surface area contributed by atoms with Gasteiger partial charge in [-0.05, 0) is 35.4 Å². The molecule has 0 saturated carbocycles. The predicted molar refractivity (Wildman–Crippen MR) is 108 cm³/mol. The molecular weight excluding hydrogens is 376 g/mol. The molecule has 2 aromatic rings. The van der Waals surface area contributed by atoms with Gasteiger partial charge in [0, 0.05) is 43.7 Å². The average Bonchev–Trinajstić information content (AvgIpc) is 3.09. The molecule has 2 aromatic carbocycles. The molecule has 5 nitrogen and oxygen atoms in total. The van der Waals surface area contributed by atoms with E-state index < -0.39 is 0 Å². The van der Waals surface area contributed by atoms with Gasteiger partial charge in [-0.2, -0.15) is 0 Å². The molecule has 0 aromatic heterocycles. The number of nitrogens with zero attached hydrogens (tertiary/aromatic N) is 2. The molecule has 2 aliphatic rings. The molecule has 0 spiro atoms. The van der Waals surface area contributed by atoms with Crippen molar-refractivity contribution in [1.29, 1.82) is 0 Å². The third-order valence-corrected chi connectivity index (χ3v) is 5.76. The molecule has 1 fully saturated rings. The van der Waals surface area contributed by atoms with Gasteiger partial charge in [0.25, 0.3) is 0 Å². The Kier molecular flexibility index (Phi) is 5.38. The smallest absolute Gasteiger partial charge is 0.227 e. The monoisotopic (exact) mass is 398 g/mol. The van der Waals surface area contributed by atoms with E-state index >= 15 is 0 Å². The van der Waals surface area contributed by atoms with Crippen LogP contribution < -0.4 is 4.90 Å². The Morgan fingerprint density at radius 1 is 1.14 bits per heavy atom. The van der Waals surface area contributed by atoms with E-state index in [-0.39, 0.29) is 30.3 Å². The van der Waals surface area contributed by atoms with Crippen LogP contribution in [0.15, 0.2) is 48.5 Å². The number of fused-ring (bicyclic) bond motifs is 1. The summed E-state index contributed by atoms with van der Waals surface area (Å²) in [5.74, 6) is -0.367. The highest BCUT2D eigenvalue weighted by molar-refractivity contribution is 6.30. The van der Waals surface area contributed by atoms with Crippen molar-refractivity contribution in [3.63, 3.8) is 0 Å². The van der Waals surface area contributed by atoms with Gasteiger partial charge in [0.2, 0.25) is 11.8 Å². The van der Waals surface area contributed by atoms with Gasteiger partial charge in [0.15, 0.2) is 0 Å². The average molecular weight is 399 g/mol. The van der Waals surface area contributed by atoms with E-state index in [4.69, 9.17) is 16.3 Å². The molecule has 4 rings (SSSR count). The Hall–Kier alpha value is -2.37. The maximum absolute atomic E-state index is 12.9. The lowest BCUT2D eigenvalue weighted by Crippen LogP contribution is -2.41. The second-order valence-corrected chi connectivity index (χ2v) is 7.94. The third kappa shape index (κ3) is 3.91. The summed E-state index contributed by atoms with van der Waals surface area (Å²) in [7, 11) is 1.79. The molecule has 0 N–H and O–H groups in total. The normalized spacial score (nSPS) is 21.5. The van der Waals surface area contributed by atoms with E-state index in [9.17, 15) is 9.59 Å². The number of rotatable bonds is 4. The highest BCUT2D eigenvalue weighted by Gasteiger charge is 2.37. The first-order valence-electron chi connectivity index (χ1n) is 9.50. The number of ether oxygens (including phenoxy) is 1. The van der Waals surface area contributed by atoms with Crippen molar-refractivity contribution in [3.05, 3.63) is 64.7 Å². The molecule has 2 aliphatic heterocycles. The summed E-state index contributed by atoms with van der Waals surface area (Å²) < 4.78 is 5.93. The number of halogens is 1. The summed E-state index contributed by atoms with van der Waals surface area (Å²) >= 11 is 5.92. The summed E-state index contributed by atoms with van der Waals surface area (Å²) in [5, 5.41) is 0.622. The van der Waals surface area contributed by atoms with Crippen molar-refractivity contribution in [2.75, 3.05) is 25.0 Å². The zero-order chi connectivity index (χ0) is 19.7. The first-order valence-corrected chi connectivity index (χ1v) is 9.88. The van der Waals surface area contributed by atoms with Crippen LogP contribution in [0.2, 0.25) is 5.02 Å². The highest BCUT2D eigenvalue weighted by Crippen LogP contribution is 2.28. The molecule has 0 aliphatic carbocycles. The zero-order valence-corrected chi connectivity index (χ0v) is 16.6. The van der Waals surface area contributed by atoms with Crippen LogP contribution in [-0.4, -0.2) is 43.0 Å². The van der Waals surface area contributed by atoms with Crippen LogP contribution in [0.1, 0.15) is 17.5 Å². The minimum absolute atomic E-state index is 0.00716. The van der Waals surface area contributed by atoms with E-state index in [0.717, 1.165) is 12.1 Å². The Balaban J connectivity index is 1.37. The van der Waals surface area contributed by atoms with Crippen molar-refractivity contribution in [2.24, 2.45) is 5.92 Å². The number of hydrogen-bond acceptors (Lipinski definition) is 3. The minimum atomic E-state index is -0.330. The Bertz CT molecular complexity index is 884.